The fourth-order valence-corrected chi connectivity index (χ4v) is 12.3. The van der Waals surface area contributed by atoms with Crippen LogP contribution >= 0.6 is 22.7 Å². The van der Waals surface area contributed by atoms with Crippen LogP contribution in [0.1, 0.15) is 63.4 Å². The second-order valence-electron chi connectivity index (χ2n) is 15.4. The molecule has 6 heteroatoms. The normalized spacial score (nSPS) is 22.1. The molecule has 2 aliphatic carbocycles. The molecule has 4 heterocycles. The molecule has 5 atom stereocenters. The maximum atomic E-state index is 5.16. The molecule has 0 fully saturated rings. The standard InChI is InChI=1S/C51H38N4S2/c1-3-14-31(15-4-1)49-52-50(32-16-5-2-6-17-32)54-51(53-49)40-23-12-21-38-37-29-28-33(30-45(37)57-48(38)40)34-20-11-22-39-46-43(26-13-27-44(46)56-47(34)39)55-41-24-9-7-18-35(41)36-19-8-10-25-42(36)55/h1-25,27-30,35,41,43,49,51,53H,26H2,(H,52,54). The first kappa shape index (κ1) is 33.1. The zero-order valence-electron chi connectivity index (χ0n) is 31.0. The molecule has 5 unspecified atom stereocenters. The topological polar surface area (TPSA) is 39.7 Å². The lowest BCUT2D eigenvalue weighted by Gasteiger charge is -2.37. The first-order valence-electron chi connectivity index (χ1n) is 19.9. The Bertz CT molecular complexity index is 2990. The second kappa shape index (κ2) is 13.3. The van der Waals surface area contributed by atoms with Crippen molar-refractivity contribution in [2.45, 2.75) is 36.8 Å². The molecule has 4 nitrogen and oxygen atoms in total. The highest BCUT2D eigenvalue weighted by Gasteiger charge is 2.41. The smallest absolute Gasteiger partial charge is 0.131 e. The first-order chi connectivity index (χ1) is 28.3. The molecule has 0 spiro atoms. The number of nitrogens with zero attached hydrogens (tertiary/aromatic N) is 2. The summed E-state index contributed by atoms with van der Waals surface area (Å²) in [7, 11) is 0. The van der Waals surface area contributed by atoms with Gasteiger partial charge in [-0.15, -0.1) is 22.7 Å². The van der Waals surface area contributed by atoms with Gasteiger partial charge in [0.2, 0.25) is 0 Å². The average Bonchev–Trinajstić information content (AvgIpc) is 3.96. The van der Waals surface area contributed by atoms with Gasteiger partial charge in [0.1, 0.15) is 18.2 Å². The fourth-order valence-electron chi connectivity index (χ4n) is 9.70. The van der Waals surface area contributed by atoms with E-state index in [4.69, 9.17) is 4.99 Å². The number of hydrogen-bond acceptors (Lipinski definition) is 6. The van der Waals surface area contributed by atoms with E-state index in [0.717, 1.165) is 23.4 Å². The highest BCUT2D eigenvalue weighted by atomic mass is 32.1. The molecule has 2 N–H and O–H groups in total. The van der Waals surface area contributed by atoms with Gasteiger partial charge in [-0.1, -0.05) is 158 Å². The quantitative estimate of drug-likeness (QED) is 0.183. The van der Waals surface area contributed by atoms with Crippen molar-refractivity contribution in [2.75, 3.05) is 4.90 Å². The van der Waals surface area contributed by atoms with Crippen LogP contribution in [-0.2, 0) is 0 Å². The summed E-state index contributed by atoms with van der Waals surface area (Å²) in [5, 5.41) is 11.6. The van der Waals surface area contributed by atoms with E-state index in [1.807, 2.05) is 22.7 Å². The van der Waals surface area contributed by atoms with E-state index >= 15 is 0 Å². The number of benzene rings is 6. The van der Waals surface area contributed by atoms with Gasteiger partial charge in [-0.25, -0.2) is 4.99 Å². The van der Waals surface area contributed by atoms with Gasteiger partial charge in [-0.2, -0.15) is 0 Å². The number of para-hydroxylation sites is 1. The Morgan fingerprint density at radius 2 is 1.44 bits per heavy atom. The van der Waals surface area contributed by atoms with Crippen LogP contribution in [0.15, 0.2) is 175 Å². The van der Waals surface area contributed by atoms with Gasteiger partial charge >= 0.3 is 0 Å². The zero-order valence-corrected chi connectivity index (χ0v) is 32.7. The molecule has 2 aromatic heterocycles. The van der Waals surface area contributed by atoms with Gasteiger partial charge in [0.05, 0.1) is 12.1 Å². The van der Waals surface area contributed by atoms with Crippen LogP contribution in [0.5, 0.6) is 0 Å². The minimum atomic E-state index is -0.173. The van der Waals surface area contributed by atoms with Crippen LogP contribution in [-0.4, -0.2) is 11.9 Å². The summed E-state index contributed by atoms with van der Waals surface area (Å²) in [5.41, 5.74) is 10.3. The highest BCUT2D eigenvalue weighted by Crippen LogP contribution is 2.53. The molecule has 57 heavy (non-hydrogen) atoms. The monoisotopic (exact) mass is 770 g/mol. The van der Waals surface area contributed by atoms with Gasteiger partial charge in [0, 0.05) is 58.0 Å². The van der Waals surface area contributed by atoms with Crippen molar-refractivity contribution in [3.05, 3.63) is 203 Å². The predicted octanol–water partition coefficient (Wildman–Crippen LogP) is 12.8. The van der Waals surface area contributed by atoms with E-state index in [1.54, 1.807) is 0 Å². The fraction of sp³-hybridized carbons (Fsp3) is 0.118. The van der Waals surface area contributed by atoms with E-state index in [2.05, 4.69) is 192 Å². The Kier molecular flexibility index (Phi) is 7.71. The summed E-state index contributed by atoms with van der Waals surface area (Å²) in [5.74, 6) is 1.29. The number of hydrogen-bond donors (Lipinski definition) is 2. The van der Waals surface area contributed by atoms with E-state index in [9.17, 15) is 0 Å². The Morgan fingerprint density at radius 1 is 0.649 bits per heavy atom. The number of aliphatic imine (C=N–C) groups is 1. The molecule has 274 valence electrons. The van der Waals surface area contributed by atoms with Gasteiger partial charge in [0.25, 0.3) is 0 Å². The summed E-state index contributed by atoms with van der Waals surface area (Å²) < 4.78 is 3.97. The lowest BCUT2D eigenvalue weighted by atomic mass is 9.89. The van der Waals surface area contributed by atoms with Gasteiger partial charge in [0.15, 0.2) is 0 Å². The van der Waals surface area contributed by atoms with Crippen molar-refractivity contribution < 1.29 is 0 Å². The summed E-state index contributed by atoms with van der Waals surface area (Å²) in [4.78, 5) is 9.26. The number of fused-ring (bicyclic) bond motifs is 9. The van der Waals surface area contributed by atoms with Crippen molar-refractivity contribution in [3.8, 4) is 11.1 Å². The molecule has 6 aromatic carbocycles. The Hall–Kier alpha value is -6.05. The SMILES string of the molecule is C1=CC2c3ccccc3N(C3CC=Cc4sc5c(-c6ccc7c(c6)sc6c(C8NC(c9ccccc9)=NC(c9ccccc9)N8)cccc67)cccc5c43)C2C=C1. The molecule has 4 aliphatic rings. The molecule has 12 rings (SSSR count). The number of allylic oxidation sites excluding steroid dienone is 2. The van der Waals surface area contributed by atoms with E-state index in [0.29, 0.717) is 12.0 Å². The molecule has 0 amide bonds. The van der Waals surface area contributed by atoms with Crippen molar-refractivity contribution in [1.82, 2.24) is 10.6 Å². The predicted molar refractivity (Wildman–Crippen MR) is 241 cm³/mol. The molecule has 0 saturated heterocycles. The number of amidine groups is 1. The third-order valence-corrected chi connectivity index (χ3v) is 14.7. The number of thiophene rings is 2. The first-order valence-corrected chi connectivity index (χ1v) is 21.5. The van der Waals surface area contributed by atoms with E-state index in [1.165, 1.54) is 68.6 Å². The van der Waals surface area contributed by atoms with E-state index < -0.39 is 0 Å². The third kappa shape index (κ3) is 5.32. The third-order valence-electron chi connectivity index (χ3n) is 12.3. The van der Waals surface area contributed by atoms with Crippen LogP contribution in [0, 0.1) is 0 Å². The largest absolute Gasteiger partial charge is 0.356 e. The summed E-state index contributed by atoms with van der Waals surface area (Å²) >= 11 is 3.85. The van der Waals surface area contributed by atoms with Gasteiger partial charge in [-0.05, 0) is 52.3 Å². The van der Waals surface area contributed by atoms with Crippen molar-refractivity contribution in [3.63, 3.8) is 0 Å². The maximum Gasteiger partial charge on any atom is 0.131 e. The molecule has 0 bridgehead atoms. The van der Waals surface area contributed by atoms with Crippen molar-refractivity contribution in [1.29, 1.82) is 0 Å². The highest BCUT2D eigenvalue weighted by molar-refractivity contribution is 7.26. The van der Waals surface area contributed by atoms with Crippen LogP contribution < -0.4 is 15.5 Å². The van der Waals surface area contributed by atoms with Gasteiger partial charge < -0.3 is 10.2 Å². The molecule has 2 aliphatic heterocycles. The van der Waals surface area contributed by atoms with Crippen LogP contribution in [0.4, 0.5) is 5.69 Å². The minimum Gasteiger partial charge on any atom is -0.356 e. The lowest BCUT2D eigenvalue weighted by molar-refractivity contribution is 0.411. The number of nitrogens with one attached hydrogen (secondary N) is 2. The molecule has 0 radical (unpaired) electrons. The summed E-state index contributed by atoms with van der Waals surface area (Å²) in [6.45, 7) is 0. The summed E-state index contributed by atoms with van der Waals surface area (Å²) in [6.07, 6.45) is 14.7. The number of anilines is 1. The van der Waals surface area contributed by atoms with Crippen molar-refractivity contribution in [2.24, 2.45) is 4.99 Å². The number of rotatable bonds is 5. The Balaban J connectivity index is 0.937. The lowest BCUT2D eigenvalue weighted by Crippen LogP contribution is -2.45. The van der Waals surface area contributed by atoms with Crippen LogP contribution in [0.3, 0.4) is 0 Å². The average molecular weight is 771 g/mol. The van der Waals surface area contributed by atoms with Gasteiger partial charge in [-0.3, -0.25) is 5.32 Å². The molecule has 8 aromatic rings. The van der Waals surface area contributed by atoms with Crippen molar-refractivity contribution >= 4 is 70.5 Å². The molecular weight excluding hydrogens is 733 g/mol. The van der Waals surface area contributed by atoms with Crippen LogP contribution in [0.2, 0.25) is 0 Å². The summed E-state index contributed by atoms with van der Waals surface area (Å²) in [6, 6.07) is 51.5. The molecule has 0 saturated carbocycles. The Morgan fingerprint density at radius 3 is 2.35 bits per heavy atom. The Labute approximate surface area is 339 Å². The zero-order chi connectivity index (χ0) is 37.5. The van der Waals surface area contributed by atoms with E-state index in [-0.39, 0.29) is 18.4 Å². The molecular formula is C51H38N4S2. The second-order valence-corrected chi connectivity index (χ2v) is 17.5. The maximum absolute atomic E-state index is 5.16. The minimum absolute atomic E-state index is 0.121. The van der Waals surface area contributed by atoms with Crippen LogP contribution in [0.25, 0.3) is 47.5 Å².